The van der Waals surface area contributed by atoms with Gasteiger partial charge in [0, 0.05) is 23.5 Å². The van der Waals surface area contributed by atoms with E-state index in [9.17, 15) is 0 Å². The summed E-state index contributed by atoms with van der Waals surface area (Å²) in [4.78, 5) is 9.06. The van der Waals surface area contributed by atoms with Gasteiger partial charge in [0.2, 0.25) is 0 Å². The van der Waals surface area contributed by atoms with Crippen molar-refractivity contribution in [1.82, 2.24) is 9.97 Å². The molecule has 104 valence electrons. The molecule has 1 aliphatic carbocycles. The number of anilines is 1. The predicted molar refractivity (Wildman–Crippen MR) is 85.4 cm³/mol. The molecule has 0 spiro atoms. The first-order chi connectivity index (χ1) is 10.3. The highest BCUT2D eigenvalue weighted by molar-refractivity contribution is 5.93. The van der Waals surface area contributed by atoms with Crippen LogP contribution in [0.2, 0.25) is 0 Å². The Balaban J connectivity index is 1.75. The molecule has 2 heterocycles. The fourth-order valence-corrected chi connectivity index (χ4v) is 3.18. The van der Waals surface area contributed by atoms with Crippen molar-refractivity contribution in [3.05, 3.63) is 65.6 Å². The zero-order chi connectivity index (χ0) is 14.2. The molecule has 0 saturated heterocycles. The van der Waals surface area contributed by atoms with Crippen LogP contribution in [0.5, 0.6) is 0 Å². The van der Waals surface area contributed by atoms with Gasteiger partial charge in [-0.25, -0.2) is 0 Å². The van der Waals surface area contributed by atoms with Gasteiger partial charge in [0.15, 0.2) is 0 Å². The normalized spacial score (nSPS) is 16.9. The number of benzene rings is 1. The largest absolute Gasteiger partial charge is 0.376 e. The number of nitrogens with zero attached hydrogens (tertiary/aromatic N) is 2. The average Bonchev–Trinajstić information content (AvgIpc) is 2.94. The molecule has 3 heteroatoms. The van der Waals surface area contributed by atoms with Crippen LogP contribution in [-0.4, -0.2) is 9.97 Å². The van der Waals surface area contributed by atoms with Crippen LogP contribution in [0.15, 0.2) is 48.8 Å². The van der Waals surface area contributed by atoms with Crippen LogP contribution in [0, 0.1) is 6.92 Å². The maximum atomic E-state index is 4.56. The molecule has 0 amide bonds. The van der Waals surface area contributed by atoms with Crippen molar-refractivity contribution in [3.8, 4) is 0 Å². The van der Waals surface area contributed by atoms with Gasteiger partial charge in [0.1, 0.15) is 0 Å². The van der Waals surface area contributed by atoms with E-state index >= 15 is 0 Å². The number of pyridine rings is 2. The number of aryl methyl sites for hydroxylation is 2. The molecule has 0 aliphatic heterocycles. The molecule has 0 bridgehead atoms. The highest BCUT2D eigenvalue weighted by atomic mass is 15.0. The van der Waals surface area contributed by atoms with Gasteiger partial charge in [-0.05, 0) is 55.2 Å². The molecular weight excluding hydrogens is 258 g/mol. The van der Waals surface area contributed by atoms with Crippen LogP contribution in [0.25, 0.3) is 10.9 Å². The summed E-state index contributed by atoms with van der Waals surface area (Å²) >= 11 is 0. The lowest BCUT2D eigenvalue weighted by molar-refractivity contribution is 0.747. The fraction of sp³-hybridized carbons (Fsp3) is 0.222. The van der Waals surface area contributed by atoms with Crippen LogP contribution in [0.4, 0.5) is 5.69 Å². The number of nitrogens with one attached hydrogen (secondary N) is 1. The van der Waals surface area contributed by atoms with Gasteiger partial charge in [-0.2, -0.15) is 0 Å². The van der Waals surface area contributed by atoms with Crippen molar-refractivity contribution in [2.45, 2.75) is 25.8 Å². The molecule has 3 nitrogen and oxygen atoms in total. The Morgan fingerprint density at radius 1 is 1.05 bits per heavy atom. The minimum Gasteiger partial charge on any atom is -0.376 e. The molecule has 2 aromatic heterocycles. The van der Waals surface area contributed by atoms with Crippen molar-refractivity contribution in [1.29, 1.82) is 0 Å². The first-order valence-electron chi connectivity index (χ1n) is 7.37. The number of hydrogen-bond acceptors (Lipinski definition) is 3. The van der Waals surface area contributed by atoms with E-state index < -0.39 is 0 Å². The molecule has 1 aromatic carbocycles. The number of aromatic nitrogens is 2. The van der Waals surface area contributed by atoms with Crippen molar-refractivity contribution < 1.29 is 0 Å². The molecule has 21 heavy (non-hydrogen) atoms. The summed E-state index contributed by atoms with van der Waals surface area (Å²) in [5.41, 5.74) is 5.98. The Bertz CT molecular complexity index is 810. The van der Waals surface area contributed by atoms with Crippen LogP contribution in [0.3, 0.4) is 0 Å². The van der Waals surface area contributed by atoms with Gasteiger partial charge in [-0.1, -0.05) is 12.1 Å². The minimum absolute atomic E-state index is 0.298. The lowest BCUT2D eigenvalue weighted by Gasteiger charge is -2.17. The minimum atomic E-state index is 0.298. The van der Waals surface area contributed by atoms with Gasteiger partial charge >= 0.3 is 0 Å². The van der Waals surface area contributed by atoms with Gasteiger partial charge in [-0.3, -0.25) is 9.97 Å². The van der Waals surface area contributed by atoms with E-state index in [1.165, 1.54) is 22.2 Å². The summed E-state index contributed by atoms with van der Waals surface area (Å²) in [6.07, 6.45) is 5.93. The van der Waals surface area contributed by atoms with Crippen LogP contribution < -0.4 is 5.32 Å². The number of hydrogen-bond donors (Lipinski definition) is 1. The van der Waals surface area contributed by atoms with Gasteiger partial charge < -0.3 is 5.32 Å². The third kappa shape index (κ3) is 2.05. The topological polar surface area (TPSA) is 37.8 Å². The zero-order valence-electron chi connectivity index (χ0n) is 12.0. The molecule has 1 N–H and O–H groups in total. The quantitative estimate of drug-likeness (QED) is 0.767. The van der Waals surface area contributed by atoms with E-state index in [1.807, 2.05) is 24.5 Å². The fourth-order valence-electron chi connectivity index (χ4n) is 3.18. The molecule has 0 radical (unpaired) electrons. The van der Waals surface area contributed by atoms with E-state index in [4.69, 9.17) is 0 Å². The lowest BCUT2D eigenvalue weighted by atomic mass is 10.1. The number of fused-ring (bicyclic) bond motifs is 2. The molecule has 1 unspecified atom stereocenters. The van der Waals surface area contributed by atoms with Crippen molar-refractivity contribution >= 4 is 16.6 Å². The Morgan fingerprint density at radius 2 is 1.90 bits per heavy atom. The van der Waals surface area contributed by atoms with Crippen LogP contribution in [0.1, 0.15) is 29.3 Å². The van der Waals surface area contributed by atoms with Gasteiger partial charge in [0.05, 0.1) is 17.3 Å². The zero-order valence-corrected chi connectivity index (χ0v) is 12.0. The Hall–Kier alpha value is -2.42. The van der Waals surface area contributed by atoms with Crippen LogP contribution in [-0.2, 0) is 6.42 Å². The van der Waals surface area contributed by atoms with E-state index in [0.29, 0.717) is 6.04 Å². The second-order valence-corrected chi connectivity index (χ2v) is 5.61. The maximum absolute atomic E-state index is 4.56. The monoisotopic (exact) mass is 275 g/mol. The third-order valence-corrected chi connectivity index (χ3v) is 4.26. The summed E-state index contributed by atoms with van der Waals surface area (Å²) in [6.45, 7) is 2.10. The Kier molecular flexibility index (Phi) is 2.85. The van der Waals surface area contributed by atoms with Gasteiger partial charge in [-0.15, -0.1) is 0 Å². The van der Waals surface area contributed by atoms with E-state index in [-0.39, 0.29) is 0 Å². The molecule has 4 rings (SSSR count). The highest BCUT2D eigenvalue weighted by Crippen LogP contribution is 2.34. The van der Waals surface area contributed by atoms with Crippen LogP contribution >= 0.6 is 0 Å². The first-order valence-corrected chi connectivity index (χ1v) is 7.37. The van der Waals surface area contributed by atoms with Crippen molar-refractivity contribution in [3.63, 3.8) is 0 Å². The Labute approximate surface area is 124 Å². The summed E-state index contributed by atoms with van der Waals surface area (Å²) in [6, 6.07) is 12.9. The molecule has 1 aliphatic rings. The molecule has 0 saturated carbocycles. The SMILES string of the molecule is Cc1ccc(NC2CCc3cccnc32)c2cccnc12. The molecule has 1 atom stereocenters. The first kappa shape index (κ1) is 12.3. The molecule has 3 aromatic rings. The van der Waals surface area contributed by atoms with Crippen molar-refractivity contribution in [2.24, 2.45) is 0 Å². The second-order valence-electron chi connectivity index (χ2n) is 5.61. The summed E-state index contributed by atoms with van der Waals surface area (Å²) in [5.74, 6) is 0. The third-order valence-electron chi connectivity index (χ3n) is 4.26. The lowest BCUT2D eigenvalue weighted by Crippen LogP contribution is -2.09. The predicted octanol–water partition coefficient (Wildman–Crippen LogP) is 4.04. The summed E-state index contributed by atoms with van der Waals surface area (Å²) < 4.78 is 0. The molecule has 0 fully saturated rings. The van der Waals surface area contributed by atoms with Crippen molar-refractivity contribution in [2.75, 3.05) is 5.32 Å². The highest BCUT2D eigenvalue weighted by Gasteiger charge is 2.23. The number of rotatable bonds is 2. The van der Waals surface area contributed by atoms with E-state index in [1.54, 1.807) is 0 Å². The second kappa shape index (κ2) is 4.85. The van der Waals surface area contributed by atoms with E-state index in [2.05, 4.69) is 46.5 Å². The Morgan fingerprint density at radius 3 is 2.86 bits per heavy atom. The smallest absolute Gasteiger partial charge is 0.0751 e. The van der Waals surface area contributed by atoms with Gasteiger partial charge in [0.25, 0.3) is 0 Å². The summed E-state index contributed by atoms with van der Waals surface area (Å²) in [7, 11) is 0. The summed E-state index contributed by atoms with van der Waals surface area (Å²) in [5, 5.41) is 4.85. The van der Waals surface area contributed by atoms with E-state index in [0.717, 1.165) is 24.0 Å². The standard InChI is InChI=1S/C18H17N3/c1-12-6-8-15(14-5-3-11-19-17(12)14)21-16-9-7-13-4-2-10-20-18(13)16/h2-6,8,10-11,16,21H,7,9H2,1H3. The maximum Gasteiger partial charge on any atom is 0.0751 e. The molecular formula is C18H17N3. The average molecular weight is 275 g/mol.